The number of anilines is 1. The third-order valence-electron chi connectivity index (χ3n) is 5.01. The van der Waals surface area contributed by atoms with E-state index in [1.807, 2.05) is 19.1 Å². The van der Waals surface area contributed by atoms with Crippen LogP contribution in [-0.2, 0) is 16.6 Å². The van der Waals surface area contributed by atoms with Gasteiger partial charge in [-0.25, -0.2) is 13.1 Å². The van der Waals surface area contributed by atoms with Crippen LogP contribution in [0.2, 0.25) is 0 Å². The maximum absolute atomic E-state index is 12.6. The highest BCUT2D eigenvalue weighted by Crippen LogP contribution is 2.29. The Bertz CT molecular complexity index is 1230. The number of hydrogen-bond donors (Lipinski definition) is 3. The first-order chi connectivity index (χ1) is 16.4. The Balaban J connectivity index is 1.37. The number of carbonyl (C=O) groups excluding carboxylic acids is 1. The molecule has 0 radical (unpaired) electrons. The molecule has 0 unspecified atom stereocenters. The van der Waals surface area contributed by atoms with Crippen LogP contribution in [-0.4, -0.2) is 32.0 Å². The van der Waals surface area contributed by atoms with E-state index in [1.165, 1.54) is 12.1 Å². The summed E-state index contributed by atoms with van der Waals surface area (Å²) in [6, 6.07) is 14.9. The van der Waals surface area contributed by atoms with E-state index >= 15 is 0 Å². The molecule has 178 valence electrons. The molecule has 0 atom stereocenters. The molecule has 1 aromatic heterocycles. The van der Waals surface area contributed by atoms with Gasteiger partial charge in [0.15, 0.2) is 11.5 Å². The quantitative estimate of drug-likeness (QED) is 0.359. The standard InChI is InChI=1S/C24H26N4O5S/c1-2-32-23-14-18(5-12-22(23)33-16-17-4-3-13-25-15-17)24(29)27-26-19-8-10-21(11-9-19)34(30,31)28-20-6-7-20/h3-5,8-15,20,26,28H,2,6-7,16H2,1H3,(H,27,29). The van der Waals surface area contributed by atoms with Crippen LogP contribution >= 0.6 is 0 Å². The number of amides is 1. The molecule has 3 N–H and O–H groups in total. The lowest BCUT2D eigenvalue weighted by molar-refractivity contribution is 0.0962. The number of carbonyl (C=O) groups is 1. The summed E-state index contributed by atoms with van der Waals surface area (Å²) < 4.78 is 38.6. The average molecular weight is 483 g/mol. The fourth-order valence-corrected chi connectivity index (χ4v) is 4.39. The highest BCUT2D eigenvalue weighted by atomic mass is 32.2. The molecule has 34 heavy (non-hydrogen) atoms. The van der Waals surface area contributed by atoms with E-state index in [4.69, 9.17) is 9.47 Å². The van der Waals surface area contributed by atoms with Gasteiger partial charge in [0.25, 0.3) is 5.91 Å². The fraction of sp³-hybridized carbons (Fsp3) is 0.250. The topological polar surface area (TPSA) is 119 Å². The number of hydrogen-bond acceptors (Lipinski definition) is 7. The minimum atomic E-state index is -3.52. The van der Waals surface area contributed by atoms with Crippen LogP contribution in [0.1, 0.15) is 35.7 Å². The number of benzene rings is 2. The summed E-state index contributed by atoms with van der Waals surface area (Å²) in [5, 5.41) is 0. The normalized spacial score (nSPS) is 13.2. The van der Waals surface area contributed by atoms with Crippen LogP contribution in [0.5, 0.6) is 11.5 Å². The Labute approximate surface area is 198 Å². The van der Waals surface area contributed by atoms with E-state index < -0.39 is 10.0 Å². The van der Waals surface area contributed by atoms with Crippen molar-refractivity contribution in [3.63, 3.8) is 0 Å². The second kappa shape index (κ2) is 10.5. The number of sulfonamides is 1. The first-order valence-corrected chi connectivity index (χ1v) is 12.4. The number of pyridine rings is 1. The summed E-state index contributed by atoms with van der Waals surface area (Å²) in [4.78, 5) is 16.9. The Hall–Kier alpha value is -3.63. The van der Waals surface area contributed by atoms with Crippen LogP contribution in [0.25, 0.3) is 0 Å². The third kappa shape index (κ3) is 6.24. The SMILES string of the molecule is CCOc1cc(C(=O)NNc2ccc(S(=O)(=O)NC3CC3)cc2)ccc1OCc1cccnc1. The highest BCUT2D eigenvalue weighted by Gasteiger charge is 2.27. The zero-order chi connectivity index (χ0) is 24.0. The van der Waals surface area contributed by atoms with Crippen LogP contribution in [0.15, 0.2) is 71.9 Å². The molecule has 0 bridgehead atoms. The summed E-state index contributed by atoms with van der Waals surface area (Å²) in [5.74, 6) is 0.593. The minimum absolute atomic E-state index is 0.0378. The molecule has 4 rings (SSSR count). The lowest BCUT2D eigenvalue weighted by Crippen LogP contribution is -2.29. The largest absolute Gasteiger partial charge is 0.490 e. The average Bonchev–Trinajstić information content (AvgIpc) is 3.66. The van der Waals surface area contributed by atoms with E-state index in [0.29, 0.717) is 36.0 Å². The van der Waals surface area contributed by atoms with Crippen molar-refractivity contribution in [2.45, 2.75) is 37.3 Å². The summed E-state index contributed by atoms with van der Waals surface area (Å²) in [6.07, 6.45) is 5.15. The van der Waals surface area contributed by atoms with Gasteiger partial charge in [-0.05, 0) is 68.3 Å². The van der Waals surface area contributed by atoms with Gasteiger partial charge < -0.3 is 9.47 Å². The fourth-order valence-electron chi connectivity index (χ4n) is 3.09. The molecule has 1 saturated carbocycles. The van der Waals surface area contributed by atoms with Crippen LogP contribution in [0.4, 0.5) is 5.69 Å². The summed E-state index contributed by atoms with van der Waals surface area (Å²) >= 11 is 0. The Morgan fingerprint density at radius 1 is 1.06 bits per heavy atom. The van der Waals surface area contributed by atoms with Crippen molar-refractivity contribution < 1.29 is 22.7 Å². The van der Waals surface area contributed by atoms with Crippen molar-refractivity contribution in [3.05, 3.63) is 78.1 Å². The van der Waals surface area contributed by atoms with Gasteiger partial charge in [0, 0.05) is 29.6 Å². The van der Waals surface area contributed by atoms with E-state index in [9.17, 15) is 13.2 Å². The van der Waals surface area contributed by atoms with Crippen molar-refractivity contribution in [1.29, 1.82) is 0 Å². The number of aromatic nitrogens is 1. The van der Waals surface area contributed by atoms with Gasteiger partial charge in [0.2, 0.25) is 10.0 Å². The molecule has 0 saturated heterocycles. The monoisotopic (exact) mass is 482 g/mol. The van der Waals surface area contributed by atoms with Crippen LogP contribution in [0.3, 0.4) is 0 Å². The molecular weight excluding hydrogens is 456 g/mol. The Morgan fingerprint density at radius 3 is 2.53 bits per heavy atom. The first-order valence-electron chi connectivity index (χ1n) is 10.9. The van der Waals surface area contributed by atoms with Crippen LogP contribution < -0.4 is 25.0 Å². The van der Waals surface area contributed by atoms with Gasteiger partial charge in [-0.15, -0.1) is 0 Å². The van der Waals surface area contributed by atoms with Gasteiger partial charge in [-0.2, -0.15) is 0 Å². The van der Waals surface area contributed by atoms with E-state index in [-0.39, 0.29) is 16.8 Å². The molecular formula is C24H26N4O5S. The molecule has 0 spiro atoms. The maximum atomic E-state index is 12.6. The zero-order valence-corrected chi connectivity index (χ0v) is 19.5. The van der Waals surface area contributed by atoms with Gasteiger partial charge in [0.1, 0.15) is 6.61 Å². The van der Waals surface area contributed by atoms with Crippen molar-refractivity contribution in [2.75, 3.05) is 12.0 Å². The second-order valence-corrected chi connectivity index (χ2v) is 9.46. The van der Waals surface area contributed by atoms with E-state index in [0.717, 1.165) is 18.4 Å². The summed E-state index contributed by atoms with van der Waals surface area (Å²) in [6.45, 7) is 2.59. The Morgan fingerprint density at radius 2 is 1.85 bits per heavy atom. The van der Waals surface area contributed by atoms with E-state index in [2.05, 4.69) is 20.6 Å². The van der Waals surface area contributed by atoms with Gasteiger partial charge in [-0.1, -0.05) is 6.07 Å². The molecule has 1 heterocycles. The zero-order valence-electron chi connectivity index (χ0n) is 18.7. The molecule has 2 aromatic carbocycles. The highest BCUT2D eigenvalue weighted by molar-refractivity contribution is 7.89. The summed E-state index contributed by atoms with van der Waals surface area (Å²) in [5.41, 5.74) is 7.23. The number of hydrazine groups is 1. The lowest BCUT2D eigenvalue weighted by atomic mass is 10.2. The van der Waals surface area contributed by atoms with Crippen LogP contribution in [0, 0.1) is 0 Å². The van der Waals surface area contributed by atoms with Gasteiger partial charge in [0.05, 0.1) is 17.2 Å². The molecule has 1 fully saturated rings. The van der Waals surface area contributed by atoms with Crippen molar-refractivity contribution in [2.24, 2.45) is 0 Å². The first kappa shape index (κ1) is 23.5. The maximum Gasteiger partial charge on any atom is 0.269 e. The molecule has 10 heteroatoms. The van der Waals surface area contributed by atoms with Gasteiger partial charge >= 0.3 is 0 Å². The Kier molecular flexibility index (Phi) is 7.29. The van der Waals surface area contributed by atoms with Crippen molar-refractivity contribution in [3.8, 4) is 11.5 Å². The second-order valence-electron chi connectivity index (χ2n) is 7.74. The molecule has 0 aliphatic heterocycles. The number of rotatable bonds is 11. The minimum Gasteiger partial charge on any atom is -0.490 e. The predicted molar refractivity (Wildman–Crippen MR) is 127 cm³/mol. The molecule has 1 amide bonds. The van der Waals surface area contributed by atoms with Gasteiger partial charge in [-0.3, -0.25) is 20.6 Å². The molecule has 3 aromatic rings. The number of ether oxygens (including phenoxy) is 2. The molecule has 1 aliphatic rings. The van der Waals surface area contributed by atoms with Crippen molar-refractivity contribution in [1.82, 2.24) is 15.1 Å². The molecule has 9 nitrogen and oxygen atoms in total. The molecule has 1 aliphatic carbocycles. The number of nitrogens with one attached hydrogen (secondary N) is 3. The smallest absolute Gasteiger partial charge is 0.269 e. The lowest BCUT2D eigenvalue weighted by Gasteiger charge is -2.14. The van der Waals surface area contributed by atoms with E-state index in [1.54, 1.807) is 42.7 Å². The number of nitrogens with zero attached hydrogens (tertiary/aromatic N) is 1. The third-order valence-corrected chi connectivity index (χ3v) is 6.54. The van der Waals surface area contributed by atoms with Crippen molar-refractivity contribution >= 4 is 21.6 Å². The predicted octanol–water partition coefficient (Wildman–Crippen LogP) is 3.26. The summed E-state index contributed by atoms with van der Waals surface area (Å²) in [7, 11) is -3.52.